The summed E-state index contributed by atoms with van der Waals surface area (Å²) in [5.74, 6) is -2.00. The summed E-state index contributed by atoms with van der Waals surface area (Å²) in [6.45, 7) is 1.49. The number of pyridine rings is 1. The van der Waals surface area contributed by atoms with Crippen molar-refractivity contribution in [1.29, 1.82) is 0 Å². The van der Waals surface area contributed by atoms with Gasteiger partial charge in [-0.25, -0.2) is 9.78 Å². The van der Waals surface area contributed by atoms with Crippen LogP contribution in [0.3, 0.4) is 0 Å². The van der Waals surface area contributed by atoms with E-state index in [1.807, 2.05) is 0 Å². The molecule has 0 aliphatic heterocycles. The maximum Gasteiger partial charge on any atom is 0.417 e. The third-order valence-corrected chi connectivity index (χ3v) is 4.06. The summed E-state index contributed by atoms with van der Waals surface area (Å²) in [7, 11) is 1.07. The lowest BCUT2D eigenvalue weighted by Crippen LogP contribution is -2.39. The number of amides is 1. The number of esters is 1. The predicted molar refractivity (Wildman–Crippen MR) is 82.3 cm³/mol. The minimum Gasteiger partial charge on any atom is -0.462 e. The fourth-order valence-corrected chi connectivity index (χ4v) is 2.68. The molecule has 0 bridgehead atoms. The number of alkyl halides is 3. The van der Waals surface area contributed by atoms with Crippen molar-refractivity contribution < 1.29 is 27.5 Å². The van der Waals surface area contributed by atoms with E-state index >= 15 is 0 Å². The van der Waals surface area contributed by atoms with Crippen LogP contribution in [0.25, 0.3) is 0 Å². The van der Waals surface area contributed by atoms with Crippen molar-refractivity contribution in [1.82, 2.24) is 14.9 Å². The predicted octanol–water partition coefficient (Wildman–Crippen LogP) is 2.82. The van der Waals surface area contributed by atoms with Crippen LogP contribution in [0.5, 0.6) is 0 Å². The van der Waals surface area contributed by atoms with Crippen LogP contribution in [-0.2, 0) is 27.0 Å². The lowest BCUT2D eigenvalue weighted by Gasteiger charge is -2.26. The third kappa shape index (κ3) is 4.53. The number of carbonyl (C=O) groups excluding carboxylic acids is 2. The third-order valence-electron chi connectivity index (χ3n) is 3.45. The minimum absolute atomic E-state index is 0.162. The van der Waals surface area contributed by atoms with Gasteiger partial charge in [-0.05, 0) is 19.1 Å². The summed E-state index contributed by atoms with van der Waals surface area (Å²) in [5, 5.41) is 1.71. The van der Waals surface area contributed by atoms with Gasteiger partial charge in [-0.3, -0.25) is 9.78 Å². The first-order chi connectivity index (χ1) is 11.7. The summed E-state index contributed by atoms with van der Waals surface area (Å²) in [4.78, 5) is 32.8. The van der Waals surface area contributed by atoms with E-state index in [-0.39, 0.29) is 12.2 Å². The molecule has 6 nitrogen and oxygen atoms in total. The summed E-state index contributed by atoms with van der Waals surface area (Å²) >= 11 is 1.32. The number of thiazole rings is 1. The first-order valence-electron chi connectivity index (χ1n) is 7.03. The SMILES string of the molecule is COC(=O)C(=O)N(Cc1ccc(C(F)(F)F)cn1)C(C)c1cscn1. The number of aromatic nitrogens is 2. The zero-order valence-electron chi connectivity index (χ0n) is 13.3. The molecular weight excluding hydrogens is 359 g/mol. The molecule has 1 amide bonds. The summed E-state index contributed by atoms with van der Waals surface area (Å²) in [6.07, 6.45) is -3.81. The highest BCUT2D eigenvalue weighted by atomic mass is 32.1. The molecular formula is C15H14F3N3O3S. The second-order valence-electron chi connectivity index (χ2n) is 5.05. The molecule has 0 saturated carbocycles. The van der Waals surface area contributed by atoms with E-state index in [2.05, 4.69) is 14.7 Å². The summed E-state index contributed by atoms with van der Waals surface area (Å²) < 4.78 is 42.3. The molecule has 0 N–H and O–H groups in total. The Morgan fingerprint density at radius 1 is 1.32 bits per heavy atom. The van der Waals surface area contributed by atoms with Crippen LogP contribution in [0.15, 0.2) is 29.2 Å². The van der Waals surface area contributed by atoms with Crippen molar-refractivity contribution in [2.45, 2.75) is 25.7 Å². The van der Waals surface area contributed by atoms with E-state index in [1.54, 1.807) is 17.8 Å². The van der Waals surface area contributed by atoms with E-state index in [9.17, 15) is 22.8 Å². The quantitative estimate of drug-likeness (QED) is 0.609. The Kier molecular flexibility index (Phi) is 5.73. The molecule has 10 heteroatoms. The first kappa shape index (κ1) is 18.8. The molecule has 134 valence electrons. The number of carbonyl (C=O) groups is 2. The average molecular weight is 373 g/mol. The zero-order chi connectivity index (χ0) is 18.6. The Labute approximate surface area is 145 Å². The van der Waals surface area contributed by atoms with Crippen molar-refractivity contribution in [3.05, 3.63) is 46.2 Å². The Bertz CT molecular complexity index is 733. The molecule has 2 heterocycles. The Balaban J connectivity index is 2.26. The Morgan fingerprint density at radius 3 is 2.52 bits per heavy atom. The molecule has 0 aliphatic carbocycles. The number of hydrogen-bond acceptors (Lipinski definition) is 6. The fraction of sp³-hybridized carbons (Fsp3) is 0.333. The molecule has 2 aromatic rings. The van der Waals surface area contributed by atoms with E-state index in [0.717, 1.165) is 24.1 Å². The largest absolute Gasteiger partial charge is 0.462 e. The Hall–Kier alpha value is -2.49. The summed E-state index contributed by atoms with van der Waals surface area (Å²) in [6, 6.07) is 1.45. The van der Waals surface area contributed by atoms with Crippen LogP contribution in [0.1, 0.15) is 29.9 Å². The smallest absolute Gasteiger partial charge is 0.417 e. The first-order valence-corrected chi connectivity index (χ1v) is 7.97. The highest BCUT2D eigenvalue weighted by Gasteiger charge is 2.32. The van der Waals surface area contributed by atoms with Gasteiger partial charge < -0.3 is 9.64 Å². The van der Waals surface area contributed by atoms with Crippen LogP contribution < -0.4 is 0 Å². The maximum atomic E-state index is 12.6. The van der Waals surface area contributed by atoms with Crippen LogP contribution in [0, 0.1) is 0 Å². The van der Waals surface area contributed by atoms with Gasteiger partial charge in [-0.1, -0.05) is 0 Å². The van der Waals surface area contributed by atoms with Crippen molar-refractivity contribution >= 4 is 23.2 Å². The fourth-order valence-electron chi connectivity index (χ4n) is 2.04. The van der Waals surface area contributed by atoms with Gasteiger partial charge in [0.2, 0.25) is 0 Å². The Morgan fingerprint density at radius 2 is 2.04 bits per heavy atom. The molecule has 2 aromatic heterocycles. The van der Waals surface area contributed by atoms with Gasteiger partial charge in [0.25, 0.3) is 0 Å². The van der Waals surface area contributed by atoms with Crippen molar-refractivity contribution in [3.8, 4) is 0 Å². The standard InChI is InChI=1S/C15H14F3N3O3S/c1-9(12-7-25-8-20-12)21(13(22)14(23)24-2)6-11-4-3-10(5-19-11)15(16,17)18/h3-5,7-9H,6H2,1-2H3. The second kappa shape index (κ2) is 7.60. The normalized spacial score (nSPS) is 12.5. The van der Waals surface area contributed by atoms with Gasteiger partial charge in [0.1, 0.15) is 0 Å². The lowest BCUT2D eigenvalue weighted by atomic mass is 10.2. The minimum atomic E-state index is -4.50. The second-order valence-corrected chi connectivity index (χ2v) is 5.77. The monoisotopic (exact) mass is 373 g/mol. The van der Waals surface area contributed by atoms with Gasteiger partial charge >= 0.3 is 18.1 Å². The van der Waals surface area contributed by atoms with Gasteiger partial charge in [-0.15, -0.1) is 11.3 Å². The number of halogens is 3. The molecule has 2 rings (SSSR count). The molecule has 25 heavy (non-hydrogen) atoms. The number of ether oxygens (including phenoxy) is 1. The van der Waals surface area contributed by atoms with Gasteiger partial charge in [0, 0.05) is 11.6 Å². The van der Waals surface area contributed by atoms with Crippen molar-refractivity contribution in [3.63, 3.8) is 0 Å². The van der Waals surface area contributed by atoms with E-state index in [0.29, 0.717) is 11.9 Å². The average Bonchev–Trinajstić information content (AvgIpc) is 3.12. The molecule has 0 aliphatic rings. The van der Waals surface area contributed by atoms with Gasteiger partial charge in [-0.2, -0.15) is 13.2 Å². The zero-order valence-corrected chi connectivity index (χ0v) is 14.1. The molecule has 0 radical (unpaired) electrons. The molecule has 0 saturated heterocycles. The molecule has 0 aromatic carbocycles. The lowest BCUT2D eigenvalue weighted by molar-refractivity contribution is -0.159. The number of nitrogens with zero attached hydrogens (tertiary/aromatic N) is 3. The van der Waals surface area contributed by atoms with Crippen LogP contribution in [-0.4, -0.2) is 33.9 Å². The number of rotatable bonds is 4. The summed E-state index contributed by atoms with van der Waals surface area (Å²) in [5.41, 5.74) is 1.43. The molecule has 1 atom stereocenters. The van der Waals surface area contributed by atoms with Crippen LogP contribution in [0.4, 0.5) is 13.2 Å². The molecule has 1 unspecified atom stereocenters. The van der Waals surface area contributed by atoms with Crippen LogP contribution in [0.2, 0.25) is 0 Å². The van der Waals surface area contributed by atoms with E-state index in [1.165, 1.54) is 11.3 Å². The molecule has 0 spiro atoms. The van der Waals surface area contributed by atoms with Crippen molar-refractivity contribution in [2.24, 2.45) is 0 Å². The van der Waals surface area contributed by atoms with E-state index < -0.39 is 29.7 Å². The molecule has 0 fully saturated rings. The van der Waals surface area contributed by atoms with Crippen molar-refractivity contribution in [2.75, 3.05) is 7.11 Å². The van der Waals surface area contributed by atoms with Gasteiger partial charge in [0.15, 0.2) is 0 Å². The maximum absolute atomic E-state index is 12.6. The van der Waals surface area contributed by atoms with Gasteiger partial charge in [0.05, 0.1) is 42.2 Å². The highest BCUT2D eigenvalue weighted by molar-refractivity contribution is 7.07. The van der Waals surface area contributed by atoms with Crippen LogP contribution >= 0.6 is 11.3 Å². The van der Waals surface area contributed by atoms with E-state index in [4.69, 9.17) is 0 Å². The highest BCUT2D eigenvalue weighted by Crippen LogP contribution is 2.29. The number of hydrogen-bond donors (Lipinski definition) is 0. The topological polar surface area (TPSA) is 72.4 Å². The number of methoxy groups -OCH3 is 1.